The van der Waals surface area contributed by atoms with Gasteiger partial charge in [0.25, 0.3) is 11.6 Å². The van der Waals surface area contributed by atoms with Crippen molar-refractivity contribution in [1.29, 1.82) is 0 Å². The van der Waals surface area contributed by atoms with Crippen molar-refractivity contribution >= 4 is 29.5 Å². The minimum absolute atomic E-state index is 0.0903. The minimum Gasteiger partial charge on any atom is -0.455 e. The Morgan fingerprint density at radius 2 is 2.20 bits per heavy atom. The molecule has 3 N–H and O–H groups in total. The molecule has 10 nitrogen and oxygen atoms in total. The fraction of sp³-hybridized carbons (Fsp3) is 0.0714. The number of aromatic nitrogens is 3. The molecule has 0 saturated heterocycles. The van der Waals surface area contributed by atoms with Crippen LogP contribution in [0.3, 0.4) is 0 Å². The molecule has 0 spiro atoms. The van der Waals surface area contributed by atoms with E-state index in [9.17, 15) is 10.1 Å². The number of hydrazone groups is 1. The van der Waals surface area contributed by atoms with Crippen molar-refractivity contribution in [3.05, 3.63) is 57.1 Å². The predicted octanol–water partition coefficient (Wildman–Crippen LogP) is 2.57. The Labute approximate surface area is 146 Å². The Morgan fingerprint density at radius 3 is 2.84 bits per heavy atom. The molecule has 0 radical (unpaired) electrons. The van der Waals surface area contributed by atoms with Gasteiger partial charge < -0.3 is 10.3 Å². The summed E-state index contributed by atoms with van der Waals surface area (Å²) in [5.41, 5.74) is 3.08. The summed E-state index contributed by atoms with van der Waals surface area (Å²) >= 11 is 6.08. The van der Waals surface area contributed by atoms with Gasteiger partial charge in [-0.25, -0.2) is 10.1 Å². The lowest BCUT2D eigenvalue weighted by Crippen LogP contribution is -2.13. The van der Waals surface area contributed by atoms with Crippen LogP contribution >= 0.6 is 11.6 Å². The van der Waals surface area contributed by atoms with Crippen LogP contribution in [0.5, 0.6) is 0 Å². The molecule has 0 fully saturated rings. The van der Waals surface area contributed by atoms with Crippen LogP contribution in [0.4, 0.5) is 11.6 Å². The summed E-state index contributed by atoms with van der Waals surface area (Å²) in [7, 11) is 0. The zero-order chi connectivity index (χ0) is 18.0. The summed E-state index contributed by atoms with van der Waals surface area (Å²) in [4.78, 5) is 10.2. The third kappa shape index (κ3) is 3.43. The van der Waals surface area contributed by atoms with Gasteiger partial charge in [0, 0.05) is 17.7 Å². The maximum absolute atomic E-state index is 10.7. The van der Waals surface area contributed by atoms with E-state index in [1.807, 2.05) is 0 Å². The highest BCUT2D eigenvalue weighted by atomic mass is 35.5. The number of nitrogens with zero attached hydrogens (tertiary/aromatic N) is 5. The second-order valence-corrected chi connectivity index (χ2v) is 5.34. The van der Waals surface area contributed by atoms with Crippen LogP contribution in [0.2, 0.25) is 5.02 Å². The van der Waals surface area contributed by atoms with Crippen LogP contribution in [-0.2, 0) is 0 Å². The normalized spacial score (nSPS) is 11.1. The number of hydrogen-bond donors (Lipinski definition) is 2. The standard InChI is InChI=1S/C14H12ClN7O3/c1-8-18-20-14(21(8)16)19-17-7-10-3-5-13(25-10)11-4-2-9(22(23)24)6-12(11)15/h2-7H,16H2,1H3,(H,19,20). The van der Waals surface area contributed by atoms with Gasteiger partial charge >= 0.3 is 0 Å². The van der Waals surface area contributed by atoms with Crippen LogP contribution in [0.25, 0.3) is 11.3 Å². The van der Waals surface area contributed by atoms with Gasteiger partial charge in [-0.2, -0.15) is 5.10 Å². The van der Waals surface area contributed by atoms with Gasteiger partial charge in [-0.1, -0.05) is 11.6 Å². The highest BCUT2D eigenvalue weighted by Crippen LogP contribution is 2.32. The first-order chi connectivity index (χ1) is 12.0. The number of non-ortho nitro benzene ring substituents is 1. The number of nitro benzene ring substituents is 1. The Hall–Kier alpha value is -3.40. The molecule has 0 bridgehead atoms. The number of furan rings is 1. The summed E-state index contributed by atoms with van der Waals surface area (Å²) in [6.07, 6.45) is 1.42. The number of nitrogens with two attached hydrogens (primary N) is 1. The number of nitro groups is 1. The average Bonchev–Trinajstić information content (AvgIpc) is 3.16. The first-order valence-electron chi connectivity index (χ1n) is 6.96. The lowest BCUT2D eigenvalue weighted by Gasteiger charge is -2.00. The molecule has 11 heteroatoms. The number of nitrogens with one attached hydrogen (secondary N) is 1. The lowest BCUT2D eigenvalue weighted by atomic mass is 10.1. The van der Waals surface area contributed by atoms with E-state index in [2.05, 4.69) is 20.7 Å². The number of anilines is 1. The Balaban J connectivity index is 1.75. The molecular formula is C14H12ClN7O3. The van der Waals surface area contributed by atoms with E-state index in [0.29, 0.717) is 22.9 Å². The minimum atomic E-state index is -0.514. The topological polar surface area (TPSA) is 137 Å². The molecule has 3 aromatic rings. The highest BCUT2D eigenvalue weighted by molar-refractivity contribution is 6.33. The molecule has 0 unspecified atom stereocenters. The SMILES string of the molecule is Cc1nnc(NN=Cc2ccc(-c3ccc([N+](=O)[O-])cc3Cl)o2)n1N. The quantitative estimate of drug-likeness (QED) is 0.308. The second-order valence-electron chi connectivity index (χ2n) is 4.93. The zero-order valence-electron chi connectivity index (χ0n) is 12.9. The largest absolute Gasteiger partial charge is 0.455 e. The van der Waals surface area contributed by atoms with E-state index < -0.39 is 4.92 Å². The first-order valence-corrected chi connectivity index (χ1v) is 7.34. The van der Waals surface area contributed by atoms with Gasteiger partial charge in [0.05, 0.1) is 16.2 Å². The van der Waals surface area contributed by atoms with Gasteiger partial charge in [-0.3, -0.25) is 10.1 Å². The molecule has 128 valence electrons. The second kappa shape index (κ2) is 6.61. The van der Waals surface area contributed by atoms with Crippen molar-refractivity contribution in [3.8, 4) is 11.3 Å². The van der Waals surface area contributed by atoms with E-state index in [0.717, 1.165) is 0 Å². The lowest BCUT2D eigenvalue weighted by molar-refractivity contribution is -0.384. The molecule has 0 aliphatic heterocycles. The van der Waals surface area contributed by atoms with Gasteiger partial charge in [0.1, 0.15) is 11.5 Å². The number of halogens is 1. The Kier molecular flexibility index (Phi) is 4.35. The number of rotatable bonds is 5. The van der Waals surface area contributed by atoms with E-state index in [1.54, 1.807) is 19.1 Å². The average molecular weight is 362 g/mol. The van der Waals surface area contributed by atoms with Gasteiger partial charge in [0.2, 0.25) is 0 Å². The van der Waals surface area contributed by atoms with E-state index >= 15 is 0 Å². The van der Waals surface area contributed by atoms with Crippen molar-refractivity contribution in [2.45, 2.75) is 6.92 Å². The van der Waals surface area contributed by atoms with Crippen LogP contribution in [-0.4, -0.2) is 26.0 Å². The van der Waals surface area contributed by atoms with Gasteiger partial charge in [-0.05, 0) is 25.1 Å². The van der Waals surface area contributed by atoms with Gasteiger partial charge in [0.15, 0.2) is 5.82 Å². The van der Waals surface area contributed by atoms with Crippen LogP contribution in [0.1, 0.15) is 11.6 Å². The monoisotopic (exact) mass is 361 g/mol. The number of nitrogen functional groups attached to an aromatic ring is 1. The van der Waals surface area contributed by atoms with Crippen molar-refractivity contribution < 1.29 is 9.34 Å². The molecule has 0 saturated carbocycles. The van der Waals surface area contributed by atoms with Gasteiger partial charge in [-0.15, -0.1) is 10.2 Å². The molecular weight excluding hydrogens is 350 g/mol. The smallest absolute Gasteiger partial charge is 0.270 e. The molecule has 1 aromatic carbocycles. The summed E-state index contributed by atoms with van der Waals surface area (Å²) in [5.74, 6) is 7.39. The zero-order valence-corrected chi connectivity index (χ0v) is 13.6. The van der Waals surface area contributed by atoms with Crippen LogP contribution < -0.4 is 11.3 Å². The molecule has 25 heavy (non-hydrogen) atoms. The fourth-order valence-electron chi connectivity index (χ4n) is 1.98. The predicted molar refractivity (Wildman–Crippen MR) is 91.9 cm³/mol. The summed E-state index contributed by atoms with van der Waals surface area (Å²) in [6, 6.07) is 7.51. The fourth-order valence-corrected chi connectivity index (χ4v) is 2.25. The van der Waals surface area contributed by atoms with E-state index in [1.165, 1.54) is 29.1 Å². The third-order valence-corrected chi connectivity index (χ3v) is 3.59. The first kappa shape index (κ1) is 16.5. The maximum Gasteiger partial charge on any atom is 0.270 e. The van der Waals surface area contributed by atoms with Crippen molar-refractivity contribution in [2.24, 2.45) is 5.10 Å². The number of aryl methyl sites for hydroxylation is 1. The highest BCUT2D eigenvalue weighted by Gasteiger charge is 2.13. The third-order valence-electron chi connectivity index (χ3n) is 3.28. The van der Waals surface area contributed by atoms with Crippen molar-refractivity contribution in [2.75, 3.05) is 11.3 Å². The van der Waals surface area contributed by atoms with Crippen LogP contribution in [0.15, 0.2) is 39.9 Å². The number of benzene rings is 1. The summed E-state index contributed by atoms with van der Waals surface area (Å²) in [5, 5.41) is 22.5. The molecule has 0 atom stereocenters. The molecule has 2 heterocycles. The Bertz CT molecular complexity index is 963. The van der Waals surface area contributed by atoms with Crippen molar-refractivity contribution in [1.82, 2.24) is 14.9 Å². The van der Waals surface area contributed by atoms with E-state index in [-0.39, 0.29) is 16.7 Å². The Morgan fingerprint density at radius 1 is 1.40 bits per heavy atom. The molecule has 3 rings (SSSR count). The number of hydrogen-bond acceptors (Lipinski definition) is 8. The van der Waals surface area contributed by atoms with Crippen molar-refractivity contribution in [3.63, 3.8) is 0 Å². The molecule has 0 aliphatic carbocycles. The molecule has 0 aliphatic rings. The summed E-state index contributed by atoms with van der Waals surface area (Å²) < 4.78 is 6.86. The molecule has 0 amide bonds. The molecule has 2 aromatic heterocycles. The maximum atomic E-state index is 10.7. The van der Waals surface area contributed by atoms with Crippen LogP contribution in [0, 0.1) is 17.0 Å². The van der Waals surface area contributed by atoms with E-state index in [4.69, 9.17) is 21.9 Å². The summed E-state index contributed by atoms with van der Waals surface area (Å²) in [6.45, 7) is 1.70.